The highest BCUT2D eigenvalue weighted by Gasteiger charge is 2.19. The lowest BCUT2D eigenvalue weighted by molar-refractivity contribution is -0.138. The summed E-state index contributed by atoms with van der Waals surface area (Å²) in [6.07, 6.45) is -0.447. The first-order valence-corrected chi connectivity index (χ1v) is 5.25. The molecule has 0 aromatic heterocycles. The number of hydrogen-bond donors (Lipinski definition) is 4. The molecule has 0 rings (SSSR count). The van der Waals surface area contributed by atoms with Crippen LogP contribution in [0, 0.1) is 0 Å². The molecule has 0 amide bonds. The summed E-state index contributed by atoms with van der Waals surface area (Å²) < 4.78 is 0. The largest absolute Gasteiger partial charge is 0.480 e. The van der Waals surface area contributed by atoms with Gasteiger partial charge in [0.1, 0.15) is 6.04 Å². The van der Waals surface area contributed by atoms with Gasteiger partial charge in [-0.15, -0.1) is 0 Å². The van der Waals surface area contributed by atoms with Gasteiger partial charge >= 0.3 is 5.97 Å². The topological polar surface area (TPSA) is 104 Å². The first kappa shape index (κ1) is 10.0. The van der Waals surface area contributed by atoms with Crippen molar-refractivity contribution in [3.8, 4) is 0 Å². The van der Waals surface area contributed by atoms with Gasteiger partial charge in [0.05, 0.1) is 0 Å². The van der Waals surface area contributed by atoms with Gasteiger partial charge in [-0.05, 0) is 11.8 Å². The summed E-state index contributed by atoms with van der Waals surface area (Å²) in [6.45, 7) is -3.45. The summed E-state index contributed by atoms with van der Waals surface area (Å²) in [5, 5.41) is 8.17. The molecule has 0 aliphatic carbocycles. The van der Waals surface area contributed by atoms with Crippen LogP contribution in [0.15, 0.2) is 0 Å². The minimum atomic E-state index is -3.45. The zero-order valence-corrected chi connectivity index (χ0v) is 6.68. The van der Waals surface area contributed by atoms with Crippen molar-refractivity contribution in [1.82, 2.24) is 0 Å². The maximum Gasteiger partial charge on any atom is 0.321 e. The molecule has 0 aliphatic heterocycles. The molecule has 0 saturated heterocycles. The third-order valence-electron chi connectivity index (χ3n) is 0.752. The van der Waals surface area contributed by atoms with Crippen LogP contribution >= 0.6 is 6.49 Å². The molecule has 10 heavy (non-hydrogen) atoms. The summed E-state index contributed by atoms with van der Waals surface area (Å²) in [4.78, 5) is 27.2. The Morgan fingerprint density at radius 1 is 1.70 bits per heavy atom. The van der Waals surface area contributed by atoms with E-state index < -0.39 is 24.7 Å². The fraction of sp³-hybridized carbons (Fsp3) is 0.667. The second kappa shape index (κ2) is 3.41. The molecule has 1 atom stereocenters. The highest BCUT2D eigenvalue weighted by atomic mass is 32.5. The molecule has 0 saturated carbocycles. The zero-order chi connectivity index (χ0) is 8.36. The van der Waals surface area contributed by atoms with E-state index >= 15 is 0 Å². The Balaban J connectivity index is 3.93. The molecule has 5 nitrogen and oxygen atoms in total. The molecule has 0 aromatic carbocycles. The molecule has 5 N–H and O–H groups in total. The monoisotopic (exact) mass is 185 g/mol. The van der Waals surface area contributed by atoms with Gasteiger partial charge in [0, 0.05) is 6.16 Å². The molecule has 60 valence electrons. The summed E-state index contributed by atoms with van der Waals surface area (Å²) in [5.74, 6) is -1.28. The van der Waals surface area contributed by atoms with Gasteiger partial charge in [-0.3, -0.25) is 4.79 Å². The molecule has 0 radical (unpaired) electrons. The number of nitrogens with two attached hydrogens (primary N) is 1. The second-order valence-electron chi connectivity index (χ2n) is 1.79. The van der Waals surface area contributed by atoms with Crippen LogP contribution in [-0.4, -0.2) is 33.1 Å². The third-order valence-corrected chi connectivity index (χ3v) is 2.07. The highest BCUT2D eigenvalue weighted by Crippen LogP contribution is 2.34. The number of hydrogen-bond acceptors (Lipinski definition) is 3. The van der Waals surface area contributed by atoms with Crippen molar-refractivity contribution in [2.45, 2.75) is 6.04 Å². The van der Waals surface area contributed by atoms with E-state index in [-0.39, 0.29) is 0 Å². The number of carboxylic acid groups (broad SMARTS) is 1. The first-order chi connectivity index (χ1) is 4.33. The van der Waals surface area contributed by atoms with Crippen molar-refractivity contribution in [2.75, 3.05) is 6.16 Å². The van der Waals surface area contributed by atoms with Crippen LogP contribution in [0.25, 0.3) is 0 Å². The number of rotatable bonds is 3. The fourth-order valence-electron chi connectivity index (χ4n) is 0.334. The molecular formula is C3H8NO4PS. The Kier molecular flexibility index (Phi) is 3.41. The van der Waals surface area contributed by atoms with Gasteiger partial charge in [-0.25, -0.2) is 0 Å². The summed E-state index contributed by atoms with van der Waals surface area (Å²) in [6, 6.07) is -1.28. The van der Waals surface area contributed by atoms with E-state index in [0.717, 1.165) is 0 Å². The van der Waals surface area contributed by atoms with Crippen LogP contribution in [0.5, 0.6) is 0 Å². The van der Waals surface area contributed by atoms with Crippen molar-refractivity contribution in [2.24, 2.45) is 5.73 Å². The standard InChI is InChI=1S/C3H8NO4PS/c4-2(3(5)6)1-9(7,8)10/h2H,1,4H2,(H,5,6)(H2,7,8,10)/t2-/m0/s1. The molecule has 0 heterocycles. The summed E-state index contributed by atoms with van der Waals surface area (Å²) >= 11 is 4.16. The van der Waals surface area contributed by atoms with Crippen LogP contribution in [0.2, 0.25) is 0 Å². The molecular weight excluding hydrogens is 177 g/mol. The van der Waals surface area contributed by atoms with E-state index in [4.69, 9.17) is 20.6 Å². The lowest BCUT2D eigenvalue weighted by Gasteiger charge is -2.09. The van der Waals surface area contributed by atoms with Crippen LogP contribution in [0.3, 0.4) is 0 Å². The lowest BCUT2D eigenvalue weighted by Crippen LogP contribution is -2.33. The van der Waals surface area contributed by atoms with Crippen LogP contribution in [0.1, 0.15) is 0 Å². The molecule has 0 unspecified atom stereocenters. The Hall–Kier alpha value is 0. The fourth-order valence-corrected chi connectivity index (χ4v) is 1.48. The van der Waals surface area contributed by atoms with E-state index in [1.807, 2.05) is 0 Å². The van der Waals surface area contributed by atoms with Crippen LogP contribution in [0.4, 0.5) is 0 Å². The minimum Gasteiger partial charge on any atom is -0.480 e. The van der Waals surface area contributed by atoms with Crippen molar-refractivity contribution in [1.29, 1.82) is 0 Å². The third kappa shape index (κ3) is 4.84. The molecule has 0 spiro atoms. The number of carboxylic acids is 1. The van der Waals surface area contributed by atoms with Crippen molar-refractivity contribution >= 4 is 24.3 Å². The van der Waals surface area contributed by atoms with Gasteiger partial charge in [-0.2, -0.15) is 0 Å². The average Bonchev–Trinajstić information content (AvgIpc) is 1.60. The summed E-state index contributed by atoms with van der Waals surface area (Å²) in [5.41, 5.74) is 4.94. The zero-order valence-electron chi connectivity index (χ0n) is 4.97. The second-order valence-corrected chi connectivity index (χ2v) is 5.24. The molecule has 0 bridgehead atoms. The predicted molar refractivity (Wildman–Crippen MR) is 39.2 cm³/mol. The molecule has 7 heteroatoms. The Bertz CT molecular complexity index is 177. The number of carbonyl (C=O) groups is 1. The van der Waals surface area contributed by atoms with E-state index in [1.54, 1.807) is 0 Å². The normalized spacial score (nSPS) is 14.7. The summed E-state index contributed by atoms with van der Waals surface area (Å²) in [7, 11) is 0. The van der Waals surface area contributed by atoms with Gasteiger partial charge in [0.15, 0.2) is 6.49 Å². The highest BCUT2D eigenvalue weighted by molar-refractivity contribution is 8.09. The van der Waals surface area contributed by atoms with E-state index in [2.05, 4.69) is 11.8 Å². The minimum absolute atomic E-state index is 0.447. The average molecular weight is 185 g/mol. The van der Waals surface area contributed by atoms with Crippen molar-refractivity contribution < 1.29 is 19.7 Å². The quantitative estimate of drug-likeness (QED) is 0.407. The Morgan fingerprint density at radius 3 is 2.20 bits per heavy atom. The first-order valence-electron chi connectivity index (χ1n) is 2.36. The van der Waals surface area contributed by atoms with Crippen LogP contribution in [-0.2, 0) is 16.6 Å². The van der Waals surface area contributed by atoms with Gasteiger partial charge in [0.25, 0.3) is 0 Å². The lowest BCUT2D eigenvalue weighted by atomic mass is 10.4. The van der Waals surface area contributed by atoms with Crippen molar-refractivity contribution in [3.63, 3.8) is 0 Å². The van der Waals surface area contributed by atoms with E-state index in [0.29, 0.717) is 0 Å². The molecule has 0 fully saturated rings. The Labute approximate surface area is 62.6 Å². The Morgan fingerprint density at radius 2 is 2.10 bits per heavy atom. The maximum absolute atomic E-state index is 10.0. The van der Waals surface area contributed by atoms with E-state index in [9.17, 15) is 4.79 Å². The number of aliphatic carboxylic acids is 1. The smallest absolute Gasteiger partial charge is 0.321 e. The van der Waals surface area contributed by atoms with E-state index in [1.165, 1.54) is 0 Å². The van der Waals surface area contributed by atoms with Gasteiger partial charge in [-0.1, -0.05) is 0 Å². The molecule has 0 aliphatic rings. The molecule has 0 aromatic rings. The predicted octanol–water partition coefficient (Wildman–Crippen LogP) is -1.31. The van der Waals surface area contributed by atoms with Gasteiger partial charge < -0.3 is 20.6 Å². The maximum atomic E-state index is 10.0. The SMILES string of the molecule is N[C@@H](CP(O)(O)=S)C(=O)O. The van der Waals surface area contributed by atoms with Crippen molar-refractivity contribution in [3.05, 3.63) is 0 Å². The van der Waals surface area contributed by atoms with Gasteiger partial charge in [0.2, 0.25) is 0 Å². The van der Waals surface area contributed by atoms with Crippen LogP contribution < -0.4 is 5.73 Å².